The van der Waals surface area contributed by atoms with Crippen LogP contribution in [0.1, 0.15) is 32.1 Å². The summed E-state index contributed by atoms with van der Waals surface area (Å²) >= 11 is 17.7. The summed E-state index contributed by atoms with van der Waals surface area (Å²) in [6, 6.07) is 11.9. The first-order chi connectivity index (χ1) is 14.9. The Morgan fingerprint density at radius 2 is 1.55 bits per heavy atom. The Morgan fingerprint density at radius 3 is 2.23 bits per heavy atom. The van der Waals surface area contributed by atoms with Crippen molar-refractivity contribution in [3.05, 3.63) is 57.5 Å². The molecular weight excluding hydrogens is 461 g/mol. The molecule has 1 saturated carbocycles. The van der Waals surface area contributed by atoms with E-state index in [1.165, 1.54) is 0 Å². The zero-order chi connectivity index (χ0) is 22.2. The van der Waals surface area contributed by atoms with Crippen molar-refractivity contribution in [2.45, 2.75) is 38.1 Å². The second kappa shape index (κ2) is 11.6. The Hall–Kier alpha value is -1.95. The second-order valence-electron chi connectivity index (χ2n) is 7.63. The van der Waals surface area contributed by atoms with Gasteiger partial charge in [-0.05, 0) is 74.1 Å². The molecule has 1 fully saturated rings. The number of rotatable bonds is 9. The Kier molecular flexibility index (Phi) is 8.88. The van der Waals surface area contributed by atoms with E-state index in [2.05, 4.69) is 5.32 Å². The van der Waals surface area contributed by atoms with Crippen molar-refractivity contribution in [1.29, 1.82) is 0 Å². The number of benzene rings is 2. The first kappa shape index (κ1) is 23.7. The number of hydrogen-bond donors (Lipinski definition) is 1. The summed E-state index contributed by atoms with van der Waals surface area (Å²) in [5, 5.41) is 4.49. The normalized spacial score (nSPS) is 18.3. The van der Waals surface area contributed by atoms with Crippen molar-refractivity contribution in [3.8, 4) is 11.5 Å². The van der Waals surface area contributed by atoms with Crippen molar-refractivity contribution in [3.63, 3.8) is 0 Å². The fourth-order valence-corrected chi connectivity index (χ4v) is 4.18. The molecule has 31 heavy (non-hydrogen) atoms. The van der Waals surface area contributed by atoms with E-state index in [9.17, 15) is 9.59 Å². The molecule has 5 nitrogen and oxygen atoms in total. The summed E-state index contributed by atoms with van der Waals surface area (Å²) in [7, 11) is 0. The molecule has 8 heteroatoms. The highest BCUT2D eigenvalue weighted by molar-refractivity contribution is 6.35. The lowest BCUT2D eigenvalue weighted by Crippen LogP contribution is -2.40. The van der Waals surface area contributed by atoms with Crippen LogP contribution in [-0.2, 0) is 9.59 Å². The molecule has 2 aromatic carbocycles. The molecule has 0 saturated heterocycles. The summed E-state index contributed by atoms with van der Waals surface area (Å²) in [4.78, 5) is 24.4. The molecule has 2 aromatic rings. The molecule has 1 aliphatic carbocycles. The standard InChI is InChI=1S/C23H24Cl3NO4/c24-16-3-8-20(9-4-16)30-13-19(28)11-15-1-6-18(7-2-15)27-23(29)14-31-22-10-5-17(25)12-21(22)26/h3-5,8-10,12,15,18H,1-2,6-7,11,13-14H2,(H,27,29). The highest BCUT2D eigenvalue weighted by atomic mass is 35.5. The lowest BCUT2D eigenvalue weighted by molar-refractivity contribution is -0.125. The molecule has 0 aliphatic heterocycles. The van der Waals surface area contributed by atoms with Gasteiger partial charge in [-0.1, -0.05) is 34.8 Å². The van der Waals surface area contributed by atoms with E-state index in [0.29, 0.717) is 38.9 Å². The van der Waals surface area contributed by atoms with Crippen LogP contribution < -0.4 is 14.8 Å². The molecule has 0 atom stereocenters. The molecule has 166 valence electrons. The lowest BCUT2D eigenvalue weighted by atomic mass is 9.83. The Morgan fingerprint density at radius 1 is 0.871 bits per heavy atom. The van der Waals surface area contributed by atoms with E-state index < -0.39 is 0 Å². The van der Waals surface area contributed by atoms with Crippen LogP contribution in [0.25, 0.3) is 0 Å². The summed E-state index contributed by atoms with van der Waals surface area (Å²) in [5.74, 6) is 1.26. The average Bonchev–Trinajstić information content (AvgIpc) is 2.74. The minimum absolute atomic E-state index is 0.0584. The minimum atomic E-state index is -0.193. The molecule has 1 N–H and O–H groups in total. The van der Waals surface area contributed by atoms with Crippen LogP contribution in [0.5, 0.6) is 11.5 Å². The molecule has 0 unspecified atom stereocenters. The maximum atomic E-state index is 12.2. The van der Waals surface area contributed by atoms with Gasteiger partial charge in [-0.2, -0.15) is 0 Å². The number of amides is 1. The number of ether oxygens (including phenoxy) is 2. The number of Topliss-reactive ketones (excluding diaryl/α,β-unsaturated/α-hetero) is 1. The fraction of sp³-hybridized carbons (Fsp3) is 0.391. The van der Waals surface area contributed by atoms with Gasteiger partial charge < -0.3 is 14.8 Å². The van der Waals surface area contributed by atoms with E-state index >= 15 is 0 Å². The van der Waals surface area contributed by atoms with Gasteiger partial charge in [0.05, 0.1) is 5.02 Å². The molecular formula is C23H24Cl3NO4. The highest BCUT2D eigenvalue weighted by Gasteiger charge is 2.24. The predicted octanol–water partition coefficient (Wildman–Crippen LogP) is 5.74. The quantitative estimate of drug-likeness (QED) is 0.493. The highest BCUT2D eigenvalue weighted by Crippen LogP contribution is 2.28. The van der Waals surface area contributed by atoms with Gasteiger partial charge in [0.25, 0.3) is 5.91 Å². The van der Waals surface area contributed by atoms with Crippen LogP contribution in [0.4, 0.5) is 0 Å². The first-order valence-electron chi connectivity index (χ1n) is 10.2. The first-order valence-corrected chi connectivity index (χ1v) is 11.3. The van der Waals surface area contributed by atoms with Gasteiger partial charge in [0.1, 0.15) is 18.1 Å². The molecule has 3 rings (SSSR count). The van der Waals surface area contributed by atoms with Gasteiger partial charge in [-0.3, -0.25) is 9.59 Å². The van der Waals surface area contributed by atoms with Gasteiger partial charge in [-0.15, -0.1) is 0 Å². The molecule has 1 amide bonds. The van der Waals surface area contributed by atoms with Crippen molar-refractivity contribution < 1.29 is 19.1 Å². The van der Waals surface area contributed by atoms with E-state index in [-0.39, 0.29) is 30.9 Å². The van der Waals surface area contributed by atoms with Crippen LogP contribution in [0.2, 0.25) is 15.1 Å². The zero-order valence-corrected chi connectivity index (χ0v) is 19.2. The number of nitrogens with one attached hydrogen (secondary N) is 1. The zero-order valence-electron chi connectivity index (χ0n) is 16.9. The predicted molar refractivity (Wildman–Crippen MR) is 122 cm³/mol. The SMILES string of the molecule is O=C(COc1ccc(Cl)cc1)CC1CCC(NC(=O)COc2ccc(Cl)cc2Cl)CC1. The third-order valence-electron chi connectivity index (χ3n) is 5.19. The number of carbonyl (C=O) groups is 2. The maximum absolute atomic E-state index is 12.2. The monoisotopic (exact) mass is 483 g/mol. The summed E-state index contributed by atoms with van der Waals surface area (Å²) in [6.07, 6.45) is 3.95. The van der Waals surface area contributed by atoms with Crippen LogP contribution in [0.15, 0.2) is 42.5 Å². The van der Waals surface area contributed by atoms with Crippen molar-refractivity contribution in [2.24, 2.45) is 5.92 Å². The number of hydrogen-bond acceptors (Lipinski definition) is 4. The molecule has 0 aromatic heterocycles. The minimum Gasteiger partial charge on any atom is -0.486 e. The Balaban J connectivity index is 1.32. The summed E-state index contributed by atoms with van der Waals surface area (Å²) in [6.45, 7) is -0.0509. The number of carbonyl (C=O) groups excluding carboxylic acids is 2. The maximum Gasteiger partial charge on any atom is 0.258 e. The van der Waals surface area contributed by atoms with E-state index in [0.717, 1.165) is 25.7 Å². The van der Waals surface area contributed by atoms with Gasteiger partial charge in [0, 0.05) is 22.5 Å². The molecule has 0 bridgehead atoms. The third kappa shape index (κ3) is 7.91. The van der Waals surface area contributed by atoms with Gasteiger partial charge in [-0.25, -0.2) is 0 Å². The van der Waals surface area contributed by atoms with Gasteiger partial charge in [0.2, 0.25) is 0 Å². The number of ketones is 1. The fourth-order valence-electron chi connectivity index (χ4n) is 3.59. The van der Waals surface area contributed by atoms with Crippen LogP contribution in [0.3, 0.4) is 0 Å². The van der Waals surface area contributed by atoms with Crippen molar-refractivity contribution >= 4 is 46.5 Å². The van der Waals surface area contributed by atoms with Gasteiger partial charge >= 0.3 is 0 Å². The Labute approximate surface area is 197 Å². The lowest BCUT2D eigenvalue weighted by Gasteiger charge is -2.28. The van der Waals surface area contributed by atoms with Crippen molar-refractivity contribution in [2.75, 3.05) is 13.2 Å². The van der Waals surface area contributed by atoms with Crippen LogP contribution in [0, 0.1) is 5.92 Å². The molecule has 0 radical (unpaired) electrons. The third-order valence-corrected chi connectivity index (χ3v) is 5.98. The van der Waals surface area contributed by atoms with E-state index in [1.807, 2.05) is 0 Å². The van der Waals surface area contributed by atoms with Crippen LogP contribution in [-0.4, -0.2) is 30.9 Å². The number of halogens is 3. The molecule has 1 aliphatic rings. The Bertz CT molecular complexity index is 896. The van der Waals surface area contributed by atoms with E-state index in [4.69, 9.17) is 44.3 Å². The average molecular weight is 485 g/mol. The smallest absolute Gasteiger partial charge is 0.258 e. The van der Waals surface area contributed by atoms with Crippen LogP contribution >= 0.6 is 34.8 Å². The molecule has 0 heterocycles. The summed E-state index contributed by atoms with van der Waals surface area (Å²) < 4.78 is 11.0. The van der Waals surface area contributed by atoms with Crippen molar-refractivity contribution in [1.82, 2.24) is 5.32 Å². The largest absolute Gasteiger partial charge is 0.486 e. The molecule has 0 spiro atoms. The van der Waals surface area contributed by atoms with E-state index in [1.54, 1.807) is 42.5 Å². The topological polar surface area (TPSA) is 64.6 Å². The summed E-state index contributed by atoms with van der Waals surface area (Å²) in [5.41, 5.74) is 0. The van der Waals surface area contributed by atoms with Gasteiger partial charge in [0.15, 0.2) is 12.4 Å². The second-order valence-corrected chi connectivity index (χ2v) is 8.91.